The van der Waals surface area contributed by atoms with E-state index in [0.29, 0.717) is 6.42 Å². The van der Waals surface area contributed by atoms with Gasteiger partial charge in [0.2, 0.25) is 0 Å². The first kappa shape index (κ1) is 16.0. The Bertz CT molecular complexity index is 569. The lowest BCUT2D eigenvalue weighted by Crippen LogP contribution is -2.40. The molecule has 6 nitrogen and oxygen atoms in total. The topological polar surface area (TPSA) is 75.7 Å². The molecule has 0 radical (unpaired) electrons. The number of benzene rings is 1. The molecule has 0 spiro atoms. The Labute approximate surface area is 129 Å². The molecule has 2 rings (SSSR count). The highest BCUT2D eigenvalue weighted by Gasteiger charge is 2.43. The van der Waals surface area contributed by atoms with Gasteiger partial charge >= 0.3 is 12.0 Å². The van der Waals surface area contributed by atoms with E-state index < -0.39 is 11.6 Å². The summed E-state index contributed by atoms with van der Waals surface area (Å²) >= 11 is 0. The Hall–Kier alpha value is -2.37. The van der Waals surface area contributed by atoms with E-state index >= 15 is 0 Å². The molecule has 1 saturated heterocycles. The zero-order valence-electron chi connectivity index (χ0n) is 12.8. The number of ether oxygens (including phenoxy) is 1. The van der Waals surface area contributed by atoms with Crippen molar-refractivity contribution < 1.29 is 19.1 Å². The number of imide groups is 1. The molecule has 1 aliphatic rings. The van der Waals surface area contributed by atoms with Crippen molar-refractivity contribution in [1.29, 1.82) is 0 Å². The van der Waals surface area contributed by atoms with Crippen LogP contribution in [0.3, 0.4) is 0 Å². The van der Waals surface area contributed by atoms with Gasteiger partial charge in [-0.1, -0.05) is 30.3 Å². The Morgan fingerprint density at radius 1 is 1.23 bits per heavy atom. The van der Waals surface area contributed by atoms with Gasteiger partial charge in [-0.25, -0.2) is 4.79 Å². The molecule has 1 heterocycles. The predicted molar refractivity (Wildman–Crippen MR) is 79.8 cm³/mol. The van der Waals surface area contributed by atoms with Crippen LogP contribution in [0.5, 0.6) is 0 Å². The van der Waals surface area contributed by atoms with Crippen molar-refractivity contribution in [1.82, 2.24) is 10.2 Å². The average molecular weight is 304 g/mol. The quantitative estimate of drug-likeness (QED) is 0.643. The van der Waals surface area contributed by atoms with Crippen LogP contribution in [0.4, 0.5) is 4.79 Å². The van der Waals surface area contributed by atoms with E-state index in [0.717, 1.165) is 10.5 Å². The van der Waals surface area contributed by atoms with Crippen molar-refractivity contribution in [3.63, 3.8) is 0 Å². The van der Waals surface area contributed by atoms with Crippen molar-refractivity contribution in [2.45, 2.75) is 38.8 Å². The van der Waals surface area contributed by atoms with Gasteiger partial charge in [0.05, 0.1) is 0 Å². The zero-order valence-corrected chi connectivity index (χ0v) is 12.8. The minimum absolute atomic E-state index is 0.171. The second kappa shape index (κ2) is 6.60. The first-order chi connectivity index (χ1) is 10.4. The first-order valence-corrected chi connectivity index (χ1v) is 7.24. The van der Waals surface area contributed by atoms with Gasteiger partial charge in [0.1, 0.15) is 12.1 Å². The molecular weight excluding hydrogens is 284 g/mol. The van der Waals surface area contributed by atoms with Crippen LogP contribution in [0, 0.1) is 0 Å². The molecule has 0 atom stereocenters. The molecule has 0 bridgehead atoms. The molecule has 1 aromatic carbocycles. The largest absolute Gasteiger partial charge is 0.461 e. The predicted octanol–water partition coefficient (Wildman–Crippen LogP) is 1.84. The summed E-state index contributed by atoms with van der Waals surface area (Å²) in [6.45, 7) is 3.76. The number of hydrogen-bond acceptors (Lipinski definition) is 4. The maximum absolute atomic E-state index is 12.0. The van der Waals surface area contributed by atoms with Gasteiger partial charge in [-0.05, 0) is 25.8 Å². The Morgan fingerprint density at radius 3 is 2.50 bits per heavy atom. The summed E-state index contributed by atoms with van der Waals surface area (Å²) in [7, 11) is 0. The smallest absolute Gasteiger partial charge is 0.325 e. The molecule has 118 valence electrons. The molecule has 6 heteroatoms. The molecule has 0 saturated carbocycles. The number of rotatable bonds is 6. The van der Waals surface area contributed by atoms with Crippen LogP contribution < -0.4 is 5.32 Å². The SMILES string of the molecule is CC1(C)NC(=O)N(CCCC(=O)OCc2ccccc2)C1=O. The van der Waals surface area contributed by atoms with Gasteiger partial charge in [-0.15, -0.1) is 0 Å². The number of nitrogens with one attached hydrogen (secondary N) is 1. The maximum Gasteiger partial charge on any atom is 0.325 e. The molecule has 3 amide bonds. The van der Waals surface area contributed by atoms with Crippen LogP contribution in [0.1, 0.15) is 32.3 Å². The fourth-order valence-corrected chi connectivity index (χ4v) is 2.21. The van der Waals surface area contributed by atoms with Gasteiger partial charge in [0.15, 0.2) is 0 Å². The Kier molecular flexibility index (Phi) is 4.80. The van der Waals surface area contributed by atoms with Crippen LogP contribution in [-0.2, 0) is 20.9 Å². The molecular formula is C16H20N2O4. The molecule has 0 aromatic heterocycles. The van der Waals surface area contributed by atoms with Crippen LogP contribution >= 0.6 is 0 Å². The van der Waals surface area contributed by atoms with Crippen LogP contribution in [-0.4, -0.2) is 34.9 Å². The van der Waals surface area contributed by atoms with Crippen molar-refractivity contribution in [2.24, 2.45) is 0 Å². The van der Waals surface area contributed by atoms with E-state index in [-0.39, 0.29) is 31.4 Å². The average Bonchev–Trinajstić information content (AvgIpc) is 2.68. The fourth-order valence-electron chi connectivity index (χ4n) is 2.21. The van der Waals surface area contributed by atoms with Crippen molar-refractivity contribution in [3.8, 4) is 0 Å². The standard InChI is InChI=1S/C16H20N2O4/c1-16(2)14(20)18(15(21)17-16)10-6-9-13(19)22-11-12-7-4-3-5-8-12/h3-5,7-8H,6,9-11H2,1-2H3,(H,17,21). The number of hydrogen-bond donors (Lipinski definition) is 1. The van der Waals surface area contributed by atoms with Gasteiger partial charge in [0, 0.05) is 13.0 Å². The Balaban J connectivity index is 1.71. The van der Waals surface area contributed by atoms with Gasteiger partial charge in [-0.2, -0.15) is 0 Å². The lowest BCUT2D eigenvalue weighted by Gasteiger charge is -2.15. The van der Waals surface area contributed by atoms with Crippen LogP contribution in [0.25, 0.3) is 0 Å². The number of nitrogens with zero attached hydrogens (tertiary/aromatic N) is 1. The third-order valence-electron chi connectivity index (χ3n) is 3.45. The first-order valence-electron chi connectivity index (χ1n) is 7.24. The van der Waals surface area contributed by atoms with E-state index in [1.165, 1.54) is 0 Å². The number of carbonyl (C=O) groups is 3. The summed E-state index contributed by atoms with van der Waals surface area (Å²) in [5, 5.41) is 2.60. The minimum Gasteiger partial charge on any atom is -0.461 e. The summed E-state index contributed by atoms with van der Waals surface area (Å²) in [6.07, 6.45) is 0.563. The fraction of sp³-hybridized carbons (Fsp3) is 0.438. The van der Waals surface area contributed by atoms with Crippen molar-refractivity contribution in [3.05, 3.63) is 35.9 Å². The summed E-state index contributed by atoms with van der Waals surface area (Å²) < 4.78 is 5.14. The Morgan fingerprint density at radius 2 is 1.91 bits per heavy atom. The van der Waals surface area contributed by atoms with E-state index in [4.69, 9.17) is 4.74 Å². The monoisotopic (exact) mass is 304 g/mol. The van der Waals surface area contributed by atoms with E-state index in [1.807, 2.05) is 30.3 Å². The second-order valence-corrected chi connectivity index (χ2v) is 5.76. The highest BCUT2D eigenvalue weighted by Crippen LogP contribution is 2.17. The third kappa shape index (κ3) is 3.84. The lowest BCUT2D eigenvalue weighted by atomic mass is 10.1. The van der Waals surface area contributed by atoms with Gasteiger partial charge in [0.25, 0.3) is 5.91 Å². The van der Waals surface area contributed by atoms with Gasteiger partial charge in [-0.3, -0.25) is 14.5 Å². The van der Waals surface area contributed by atoms with E-state index in [1.54, 1.807) is 13.8 Å². The van der Waals surface area contributed by atoms with Crippen molar-refractivity contribution >= 4 is 17.9 Å². The minimum atomic E-state index is -0.870. The zero-order chi connectivity index (χ0) is 16.2. The number of amides is 3. The summed E-state index contributed by atoms with van der Waals surface area (Å²) in [4.78, 5) is 36.4. The molecule has 22 heavy (non-hydrogen) atoms. The van der Waals surface area contributed by atoms with E-state index in [2.05, 4.69) is 5.32 Å². The van der Waals surface area contributed by atoms with Crippen LogP contribution in [0.15, 0.2) is 30.3 Å². The van der Waals surface area contributed by atoms with E-state index in [9.17, 15) is 14.4 Å². The molecule has 0 unspecified atom stereocenters. The summed E-state index contributed by atoms with van der Waals surface area (Å²) in [6, 6.07) is 8.99. The van der Waals surface area contributed by atoms with Crippen LogP contribution in [0.2, 0.25) is 0 Å². The summed E-state index contributed by atoms with van der Waals surface area (Å²) in [5.74, 6) is -0.606. The number of carbonyl (C=O) groups excluding carboxylic acids is 3. The molecule has 1 fully saturated rings. The highest BCUT2D eigenvalue weighted by molar-refractivity contribution is 6.06. The van der Waals surface area contributed by atoms with Gasteiger partial charge < -0.3 is 10.1 Å². The normalized spacial score (nSPS) is 16.5. The number of esters is 1. The molecule has 1 N–H and O–H groups in total. The second-order valence-electron chi connectivity index (χ2n) is 5.76. The highest BCUT2D eigenvalue weighted by atomic mass is 16.5. The molecule has 1 aliphatic heterocycles. The maximum atomic E-state index is 12.0. The summed E-state index contributed by atoms with van der Waals surface area (Å²) in [5.41, 5.74) is 0.0527. The third-order valence-corrected chi connectivity index (χ3v) is 3.45. The van der Waals surface area contributed by atoms with Crippen molar-refractivity contribution in [2.75, 3.05) is 6.54 Å². The molecule has 0 aliphatic carbocycles. The molecule has 1 aromatic rings. The lowest BCUT2D eigenvalue weighted by molar-refractivity contribution is -0.145. The number of urea groups is 1.